The number of carbonyl (C=O) groups is 1. The summed E-state index contributed by atoms with van der Waals surface area (Å²) in [5.41, 5.74) is 2.27. The van der Waals surface area contributed by atoms with Crippen LogP contribution in [0.2, 0.25) is 0 Å². The second kappa shape index (κ2) is 9.95. The van der Waals surface area contributed by atoms with Crippen LogP contribution in [0.4, 0.5) is 20.3 Å². The molecule has 4 N–H and O–H groups in total. The van der Waals surface area contributed by atoms with Crippen molar-refractivity contribution >= 4 is 17.5 Å². The number of hydrogen-bond acceptors (Lipinski definition) is 5. The summed E-state index contributed by atoms with van der Waals surface area (Å²) >= 11 is 0. The molecule has 0 bridgehead atoms. The zero-order valence-corrected chi connectivity index (χ0v) is 18.2. The second-order valence-electron chi connectivity index (χ2n) is 8.26. The molecule has 172 valence electrons. The van der Waals surface area contributed by atoms with Crippen molar-refractivity contribution in [3.8, 4) is 0 Å². The summed E-state index contributed by atoms with van der Waals surface area (Å²) in [6.45, 7) is 2.90. The Bertz CT molecular complexity index is 1130. The lowest BCUT2D eigenvalue weighted by Crippen LogP contribution is -2.45. The highest BCUT2D eigenvalue weighted by molar-refractivity contribution is 5.70. The molecule has 0 spiro atoms. The third kappa shape index (κ3) is 5.28. The number of anilines is 2. The van der Waals surface area contributed by atoms with Gasteiger partial charge in [-0.2, -0.15) is 0 Å². The standard InChI is InChI=1S/C25H26F2N4O2/c1-15(18-10-17(11-23(32)33)19(26)12-20(18)27)13-30-24(16-6-3-2-4-7-16)22-14-29-21-8-5-9-28-25(21)31-22/h2-10,12,15,22,24,29-30H,11,13-14H2,1H3,(H,28,31)(H,32,33)/t15-,22-,24-/m1/s1. The summed E-state index contributed by atoms with van der Waals surface area (Å²) in [7, 11) is 0. The lowest BCUT2D eigenvalue weighted by molar-refractivity contribution is -0.136. The van der Waals surface area contributed by atoms with E-state index in [0.29, 0.717) is 13.1 Å². The molecule has 8 heteroatoms. The molecule has 4 rings (SSSR count). The van der Waals surface area contributed by atoms with Gasteiger partial charge in [-0.3, -0.25) is 4.79 Å². The van der Waals surface area contributed by atoms with E-state index in [1.54, 1.807) is 6.20 Å². The second-order valence-corrected chi connectivity index (χ2v) is 8.26. The molecule has 0 amide bonds. The minimum atomic E-state index is -1.16. The van der Waals surface area contributed by atoms with Crippen molar-refractivity contribution in [1.82, 2.24) is 10.3 Å². The zero-order chi connectivity index (χ0) is 23.4. The van der Waals surface area contributed by atoms with Crippen molar-refractivity contribution in [2.24, 2.45) is 0 Å². The van der Waals surface area contributed by atoms with E-state index in [0.717, 1.165) is 23.1 Å². The Morgan fingerprint density at radius 2 is 1.97 bits per heavy atom. The molecule has 2 heterocycles. The molecule has 3 atom stereocenters. The van der Waals surface area contributed by atoms with Gasteiger partial charge in [-0.1, -0.05) is 37.3 Å². The summed E-state index contributed by atoms with van der Waals surface area (Å²) < 4.78 is 28.6. The van der Waals surface area contributed by atoms with Gasteiger partial charge in [-0.25, -0.2) is 13.8 Å². The van der Waals surface area contributed by atoms with Crippen LogP contribution in [0.5, 0.6) is 0 Å². The Hall–Kier alpha value is -3.52. The molecule has 1 aromatic heterocycles. The molecule has 0 radical (unpaired) electrons. The number of aliphatic carboxylic acids is 1. The number of fused-ring (bicyclic) bond motifs is 1. The number of nitrogens with zero attached hydrogens (tertiary/aromatic N) is 1. The predicted molar refractivity (Wildman–Crippen MR) is 123 cm³/mol. The van der Waals surface area contributed by atoms with Crippen molar-refractivity contribution in [1.29, 1.82) is 0 Å². The van der Waals surface area contributed by atoms with Gasteiger partial charge in [-0.05, 0) is 40.8 Å². The number of carboxylic acid groups (broad SMARTS) is 1. The Kier molecular flexibility index (Phi) is 6.84. The number of rotatable bonds is 8. The van der Waals surface area contributed by atoms with Crippen LogP contribution in [0, 0.1) is 11.6 Å². The molecular formula is C25H26F2N4O2. The minimum Gasteiger partial charge on any atom is -0.481 e. The van der Waals surface area contributed by atoms with E-state index in [-0.39, 0.29) is 29.1 Å². The fourth-order valence-electron chi connectivity index (χ4n) is 4.17. The summed E-state index contributed by atoms with van der Waals surface area (Å²) in [5, 5.41) is 19.4. The van der Waals surface area contributed by atoms with E-state index in [1.807, 2.05) is 49.4 Å². The Morgan fingerprint density at radius 1 is 1.18 bits per heavy atom. The first-order chi connectivity index (χ1) is 15.9. The molecule has 0 saturated heterocycles. The minimum absolute atomic E-state index is 0.0220. The molecule has 0 saturated carbocycles. The van der Waals surface area contributed by atoms with E-state index in [2.05, 4.69) is 20.9 Å². The first-order valence-electron chi connectivity index (χ1n) is 10.9. The van der Waals surface area contributed by atoms with Crippen LogP contribution in [0.1, 0.15) is 35.6 Å². The van der Waals surface area contributed by atoms with Gasteiger partial charge in [0, 0.05) is 25.4 Å². The molecule has 6 nitrogen and oxygen atoms in total. The van der Waals surface area contributed by atoms with Gasteiger partial charge in [-0.15, -0.1) is 0 Å². The van der Waals surface area contributed by atoms with E-state index < -0.39 is 24.0 Å². The molecular weight excluding hydrogens is 426 g/mol. The Labute approximate surface area is 191 Å². The van der Waals surface area contributed by atoms with Crippen molar-refractivity contribution in [3.05, 3.63) is 89.1 Å². The van der Waals surface area contributed by atoms with E-state index in [1.165, 1.54) is 6.07 Å². The average molecular weight is 453 g/mol. The molecule has 2 aromatic carbocycles. The maximum absolute atomic E-state index is 14.5. The molecule has 0 fully saturated rings. The van der Waals surface area contributed by atoms with Gasteiger partial charge in [0.25, 0.3) is 0 Å². The third-order valence-electron chi connectivity index (χ3n) is 5.89. The first-order valence-corrected chi connectivity index (χ1v) is 10.9. The maximum atomic E-state index is 14.5. The van der Waals surface area contributed by atoms with E-state index in [9.17, 15) is 13.6 Å². The fourth-order valence-corrected chi connectivity index (χ4v) is 4.17. The average Bonchev–Trinajstić information content (AvgIpc) is 2.81. The summed E-state index contributed by atoms with van der Waals surface area (Å²) in [4.78, 5) is 15.4. The van der Waals surface area contributed by atoms with Crippen molar-refractivity contribution < 1.29 is 18.7 Å². The van der Waals surface area contributed by atoms with Crippen molar-refractivity contribution in [3.63, 3.8) is 0 Å². The predicted octanol–water partition coefficient (Wildman–Crippen LogP) is 4.33. The SMILES string of the molecule is C[C@H](CN[C@H](c1ccccc1)[C@H]1CNc2cccnc2N1)c1cc(CC(=O)O)c(F)cc1F. The highest BCUT2D eigenvalue weighted by Gasteiger charge is 2.28. The topological polar surface area (TPSA) is 86.3 Å². The zero-order valence-electron chi connectivity index (χ0n) is 18.2. The van der Waals surface area contributed by atoms with Gasteiger partial charge >= 0.3 is 5.97 Å². The van der Waals surface area contributed by atoms with Gasteiger partial charge < -0.3 is 21.1 Å². The molecule has 0 unspecified atom stereocenters. The Morgan fingerprint density at radius 3 is 2.73 bits per heavy atom. The van der Waals surface area contributed by atoms with Crippen LogP contribution < -0.4 is 16.0 Å². The van der Waals surface area contributed by atoms with Gasteiger partial charge in [0.2, 0.25) is 0 Å². The number of hydrogen-bond donors (Lipinski definition) is 4. The van der Waals surface area contributed by atoms with Crippen LogP contribution in [-0.4, -0.2) is 35.2 Å². The monoisotopic (exact) mass is 452 g/mol. The van der Waals surface area contributed by atoms with Crippen LogP contribution in [0.25, 0.3) is 0 Å². The molecule has 33 heavy (non-hydrogen) atoms. The number of benzene rings is 2. The van der Waals surface area contributed by atoms with E-state index >= 15 is 0 Å². The fraction of sp³-hybridized carbons (Fsp3) is 0.280. The number of pyridine rings is 1. The quantitative estimate of drug-likeness (QED) is 0.407. The highest BCUT2D eigenvalue weighted by atomic mass is 19.1. The smallest absolute Gasteiger partial charge is 0.307 e. The molecule has 1 aliphatic rings. The highest BCUT2D eigenvalue weighted by Crippen LogP contribution is 2.29. The number of aromatic nitrogens is 1. The summed E-state index contributed by atoms with van der Waals surface area (Å²) in [5.74, 6) is -2.22. The first kappa shape index (κ1) is 22.7. The molecule has 0 aliphatic carbocycles. The van der Waals surface area contributed by atoms with E-state index in [4.69, 9.17) is 5.11 Å². The van der Waals surface area contributed by atoms with Crippen LogP contribution in [-0.2, 0) is 11.2 Å². The lowest BCUT2D eigenvalue weighted by atomic mass is 9.94. The van der Waals surface area contributed by atoms with Crippen LogP contribution in [0.3, 0.4) is 0 Å². The number of nitrogens with one attached hydrogen (secondary N) is 3. The van der Waals surface area contributed by atoms with Crippen LogP contribution in [0.15, 0.2) is 60.8 Å². The molecule has 1 aliphatic heterocycles. The third-order valence-corrected chi connectivity index (χ3v) is 5.89. The summed E-state index contributed by atoms with van der Waals surface area (Å²) in [6, 6.07) is 15.7. The largest absolute Gasteiger partial charge is 0.481 e. The lowest BCUT2D eigenvalue weighted by Gasteiger charge is -2.35. The normalized spacial score (nSPS) is 16.8. The van der Waals surface area contributed by atoms with Crippen molar-refractivity contribution in [2.45, 2.75) is 31.3 Å². The van der Waals surface area contributed by atoms with Crippen LogP contribution >= 0.6 is 0 Å². The maximum Gasteiger partial charge on any atom is 0.307 e. The Balaban J connectivity index is 1.54. The molecule has 3 aromatic rings. The number of carboxylic acids is 1. The van der Waals surface area contributed by atoms with Crippen molar-refractivity contribution in [2.75, 3.05) is 23.7 Å². The number of halogens is 2. The van der Waals surface area contributed by atoms with Gasteiger partial charge in [0.05, 0.1) is 24.2 Å². The summed E-state index contributed by atoms with van der Waals surface area (Å²) in [6.07, 6.45) is 1.24. The van der Waals surface area contributed by atoms with Gasteiger partial charge in [0.1, 0.15) is 17.5 Å². The van der Waals surface area contributed by atoms with Gasteiger partial charge in [0.15, 0.2) is 0 Å².